The highest BCUT2D eigenvalue weighted by molar-refractivity contribution is 5.65. The second-order valence-corrected chi connectivity index (χ2v) is 7.22. The number of alkyl halides is 3. The molecule has 1 aliphatic carbocycles. The molecular formula is C21H20F6. The summed E-state index contributed by atoms with van der Waals surface area (Å²) in [5.74, 6) is -3.32. The lowest BCUT2D eigenvalue weighted by Crippen LogP contribution is -2.11. The Labute approximate surface area is 154 Å². The molecule has 0 N–H and O–H groups in total. The van der Waals surface area contributed by atoms with Crippen LogP contribution in [0.1, 0.15) is 56.1 Å². The standard InChI is InChI=1S/C21H20F6/c1-2-3-12-4-5-13(8-12)14-6-7-16(17(22)9-14)15-10-18(23)20(19(24)11-15)21(25,26)27/h6-7,9-13H,2-5,8H2,1H3. The monoisotopic (exact) mass is 386 g/mol. The van der Waals surface area contributed by atoms with Crippen LogP contribution in [0, 0.1) is 23.4 Å². The van der Waals surface area contributed by atoms with Crippen LogP contribution in [-0.4, -0.2) is 0 Å². The highest BCUT2D eigenvalue weighted by atomic mass is 19.4. The first-order chi connectivity index (χ1) is 12.7. The summed E-state index contributed by atoms with van der Waals surface area (Å²) in [7, 11) is 0. The average Bonchev–Trinajstić information content (AvgIpc) is 3.01. The average molecular weight is 386 g/mol. The molecule has 0 saturated heterocycles. The van der Waals surface area contributed by atoms with E-state index in [0.717, 1.165) is 37.7 Å². The van der Waals surface area contributed by atoms with Crippen LogP contribution in [0.25, 0.3) is 11.1 Å². The van der Waals surface area contributed by atoms with Gasteiger partial charge in [0.25, 0.3) is 0 Å². The summed E-state index contributed by atoms with van der Waals surface area (Å²) in [5, 5.41) is 0. The Morgan fingerprint density at radius 1 is 0.926 bits per heavy atom. The molecule has 2 aromatic carbocycles. The molecule has 0 nitrogen and oxygen atoms in total. The number of benzene rings is 2. The third kappa shape index (κ3) is 4.14. The molecule has 6 heteroatoms. The smallest absolute Gasteiger partial charge is 0.206 e. The summed E-state index contributed by atoms with van der Waals surface area (Å²) in [5.41, 5.74) is -1.51. The highest BCUT2D eigenvalue weighted by Gasteiger charge is 2.38. The summed E-state index contributed by atoms with van der Waals surface area (Å²) < 4.78 is 80.2. The summed E-state index contributed by atoms with van der Waals surface area (Å²) in [6, 6.07) is 5.47. The van der Waals surface area contributed by atoms with Crippen molar-refractivity contribution in [3.8, 4) is 11.1 Å². The number of hydrogen-bond acceptors (Lipinski definition) is 0. The molecule has 2 unspecified atom stereocenters. The van der Waals surface area contributed by atoms with Crippen LogP contribution in [0.5, 0.6) is 0 Å². The van der Waals surface area contributed by atoms with E-state index in [2.05, 4.69) is 6.92 Å². The van der Waals surface area contributed by atoms with Gasteiger partial charge < -0.3 is 0 Å². The van der Waals surface area contributed by atoms with E-state index >= 15 is 0 Å². The molecule has 2 aromatic rings. The minimum atomic E-state index is -5.15. The van der Waals surface area contributed by atoms with E-state index in [1.165, 1.54) is 12.1 Å². The van der Waals surface area contributed by atoms with Gasteiger partial charge in [0.05, 0.1) is 0 Å². The van der Waals surface area contributed by atoms with Crippen LogP contribution in [0.3, 0.4) is 0 Å². The lowest BCUT2D eigenvalue weighted by atomic mass is 9.92. The second kappa shape index (κ2) is 7.56. The van der Waals surface area contributed by atoms with Gasteiger partial charge in [-0.15, -0.1) is 0 Å². The highest BCUT2D eigenvalue weighted by Crippen LogP contribution is 2.41. The van der Waals surface area contributed by atoms with Gasteiger partial charge in [-0.3, -0.25) is 0 Å². The maximum absolute atomic E-state index is 14.6. The predicted octanol–water partition coefficient (Wildman–Crippen LogP) is 7.47. The van der Waals surface area contributed by atoms with E-state index in [9.17, 15) is 26.3 Å². The van der Waals surface area contributed by atoms with E-state index in [-0.39, 0.29) is 17.0 Å². The zero-order valence-corrected chi connectivity index (χ0v) is 14.8. The maximum atomic E-state index is 14.6. The Morgan fingerprint density at radius 2 is 1.59 bits per heavy atom. The van der Waals surface area contributed by atoms with Gasteiger partial charge in [0.15, 0.2) is 0 Å². The zero-order valence-electron chi connectivity index (χ0n) is 14.8. The predicted molar refractivity (Wildman–Crippen MR) is 91.7 cm³/mol. The Bertz CT molecular complexity index is 801. The SMILES string of the molecule is CCCC1CCC(c2ccc(-c3cc(F)c(C(F)(F)F)c(F)c3)c(F)c2)C1. The molecule has 0 aromatic heterocycles. The van der Waals surface area contributed by atoms with Crippen molar-refractivity contribution in [1.82, 2.24) is 0 Å². The van der Waals surface area contributed by atoms with E-state index in [4.69, 9.17) is 0 Å². The maximum Gasteiger partial charge on any atom is 0.422 e. The van der Waals surface area contributed by atoms with Crippen molar-refractivity contribution in [1.29, 1.82) is 0 Å². The van der Waals surface area contributed by atoms with Crippen LogP contribution in [0.4, 0.5) is 26.3 Å². The minimum Gasteiger partial charge on any atom is -0.206 e. The Balaban J connectivity index is 1.89. The molecule has 1 fully saturated rings. The van der Waals surface area contributed by atoms with Crippen molar-refractivity contribution in [3.05, 3.63) is 58.9 Å². The van der Waals surface area contributed by atoms with E-state index in [1.807, 2.05) is 0 Å². The Hall–Kier alpha value is -1.98. The fourth-order valence-electron chi connectivity index (χ4n) is 4.07. The van der Waals surface area contributed by atoms with Gasteiger partial charge in [0.1, 0.15) is 23.0 Å². The molecule has 27 heavy (non-hydrogen) atoms. The molecule has 0 bridgehead atoms. The van der Waals surface area contributed by atoms with Gasteiger partial charge in [0.2, 0.25) is 0 Å². The number of halogens is 6. The van der Waals surface area contributed by atoms with Crippen molar-refractivity contribution < 1.29 is 26.3 Å². The van der Waals surface area contributed by atoms with Gasteiger partial charge in [-0.05, 0) is 60.4 Å². The first-order valence-electron chi connectivity index (χ1n) is 9.06. The third-order valence-electron chi connectivity index (χ3n) is 5.34. The molecule has 0 radical (unpaired) electrons. The summed E-state index contributed by atoms with van der Waals surface area (Å²) in [6.07, 6.45) is 0.143. The molecule has 0 spiro atoms. The van der Waals surface area contributed by atoms with Crippen LogP contribution in [0.15, 0.2) is 30.3 Å². The van der Waals surface area contributed by atoms with Gasteiger partial charge in [-0.1, -0.05) is 31.9 Å². The van der Waals surface area contributed by atoms with Crippen molar-refractivity contribution >= 4 is 0 Å². The lowest BCUT2D eigenvalue weighted by Gasteiger charge is -2.14. The fraction of sp³-hybridized carbons (Fsp3) is 0.429. The minimum absolute atomic E-state index is 0.117. The van der Waals surface area contributed by atoms with Crippen molar-refractivity contribution in [3.63, 3.8) is 0 Å². The molecule has 0 heterocycles. The molecule has 146 valence electrons. The van der Waals surface area contributed by atoms with Gasteiger partial charge in [0, 0.05) is 5.56 Å². The molecule has 0 amide bonds. The molecule has 0 aliphatic heterocycles. The topological polar surface area (TPSA) is 0 Å². The summed E-state index contributed by atoms with van der Waals surface area (Å²) >= 11 is 0. The van der Waals surface area contributed by atoms with Crippen LogP contribution in [-0.2, 0) is 6.18 Å². The molecule has 2 atom stereocenters. The first kappa shape index (κ1) is 19.8. The van der Waals surface area contributed by atoms with Crippen LogP contribution >= 0.6 is 0 Å². The van der Waals surface area contributed by atoms with Gasteiger partial charge in [-0.2, -0.15) is 13.2 Å². The van der Waals surface area contributed by atoms with Gasteiger partial charge in [-0.25, -0.2) is 13.2 Å². The van der Waals surface area contributed by atoms with E-state index in [1.54, 1.807) is 6.07 Å². The second-order valence-electron chi connectivity index (χ2n) is 7.22. The molecule has 3 rings (SSSR count). The lowest BCUT2D eigenvalue weighted by molar-refractivity contribution is -0.142. The quantitative estimate of drug-likeness (QED) is 0.478. The zero-order chi connectivity index (χ0) is 19.8. The number of hydrogen-bond donors (Lipinski definition) is 0. The normalized spacial score (nSPS) is 20.3. The first-order valence-corrected chi connectivity index (χ1v) is 9.06. The Morgan fingerprint density at radius 3 is 2.15 bits per heavy atom. The fourth-order valence-corrected chi connectivity index (χ4v) is 4.07. The molecular weight excluding hydrogens is 366 g/mol. The van der Waals surface area contributed by atoms with Gasteiger partial charge >= 0.3 is 6.18 Å². The number of rotatable bonds is 4. The van der Waals surface area contributed by atoms with Crippen molar-refractivity contribution in [2.45, 2.75) is 51.1 Å². The van der Waals surface area contributed by atoms with E-state index < -0.39 is 29.2 Å². The van der Waals surface area contributed by atoms with Crippen LogP contribution in [0.2, 0.25) is 0 Å². The Kier molecular flexibility index (Phi) is 5.54. The van der Waals surface area contributed by atoms with Crippen LogP contribution < -0.4 is 0 Å². The van der Waals surface area contributed by atoms with E-state index in [0.29, 0.717) is 18.1 Å². The van der Waals surface area contributed by atoms with Crippen molar-refractivity contribution in [2.75, 3.05) is 0 Å². The third-order valence-corrected chi connectivity index (χ3v) is 5.34. The molecule has 1 saturated carbocycles. The summed E-state index contributed by atoms with van der Waals surface area (Å²) in [4.78, 5) is 0. The summed E-state index contributed by atoms with van der Waals surface area (Å²) in [6.45, 7) is 2.13. The largest absolute Gasteiger partial charge is 0.422 e. The molecule has 1 aliphatic rings. The van der Waals surface area contributed by atoms with Crippen molar-refractivity contribution in [2.24, 2.45) is 5.92 Å².